The van der Waals surface area contributed by atoms with Gasteiger partial charge in [-0.2, -0.15) is 11.8 Å². The number of sulfonamides is 1. The molecule has 0 bridgehead atoms. The van der Waals surface area contributed by atoms with Gasteiger partial charge in [0.2, 0.25) is 10.0 Å². The Morgan fingerprint density at radius 2 is 2.15 bits per heavy atom. The molecule has 1 atom stereocenters. The molecular formula is C13H24N2O2S3. The number of aryl methyl sites for hydroxylation is 1. The van der Waals surface area contributed by atoms with Gasteiger partial charge in [0.15, 0.2) is 0 Å². The van der Waals surface area contributed by atoms with Gasteiger partial charge >= 0.3 is 0 Å². The van der Waals surface area contributed by atoms with Crippen LogP contribution in [-0.4, -0.2) is 33.0 Å². The highest BCUT2D eigenvalue weighted by molar-refractivity contribution is 7.99. The minimum Gasteiger partial charge on any atom is -0.312 e. The van der Waals surface area contributed by atoms with Crippen molar-refractivity contribution < 1.29 is 8.42 Å². The van der Waals surface area contributed by atoms with E-state index in [4.69, 9.17) is 0 Å². The summed E-state index contributed by atoms with van der Waals surface area (Å²) in [5.41, 5.74) is 0.827. The Morgan fingerprint density at radius 1 is 1.45 bits per heavy atom. The summed E-state index contributed by atoms with van der Waals surface area (Å²) in [5.74, 6) is 0. The highest BCUT2D eigenvalue weighted by atomic mass is 32.2. The molecule has 0 aromatic carbocycles. The Bertz CT molecular complexity index is 512. The van der Waals surface area contributed by atoms with E-state index >= 15 is 0 Å². The zero-order valence-corrected chi connectivity index (χ0v) is 15.0. The molecule has 0 spiro atoms. The fraction of sp³-hybridized carbons (Fsp3) is 0.692. The lowest BCUT2D eigenvalue weighted by atomic mass is 10.3. The molecule has 0 aliphatic heterocycles. The number of nitrogens with one attached hydrogen (secondary N) is 2. The lowest BCUT2D eigenvalue weighted by Gasteiger charge is -2.11. The molecule has 116 valence electrons. The van der Waals surface area contributed by atoms with E-state index in [2.05, 4.69) is 17.0 Å². The zero-order chi connectivity index (χ0) is 15.2. The Kier molecular flexibility index (Phi) is 7.53. The monoisotopic (exact) mass is 336 g/mol. The smallest absolute Gasteiger partial charge is 0.241 e. The highest BCUT2D eigenvalue weighted by Gasteiger charge is 2.22. The van der Waals surface area contributed by atoms with E-state index in [1.165, 1.54) is 11.3 Å². The van der Waals surface area contributed by atoms with Crippen molar-refractivity contribution in [3.8, 4) is 0 Å². The summed E-state index contributed by atoms with van der Waals surface area (Å²) in [7, 11) is -3.40. The van der Waals surface area contributed by atoms with Crippen molar-refractivity contribution in [3.05, 3.63) is 15.8 Å². The standard InChI is InChI=1S/C13H24N2O2S3/c1-5-14-8-12-13(10(2)9-19-12)20(16,17)15-7-6-11(3)18-4/h9,11,14-15H,5-8H2,1-4H3. The van der Waals surface area contributed by atoms with Crippen molar-refractivity contribution in [2.45, 2.75) is 43.9 Å². The van der Waals surface area contributed by atoms with Crippen LogP contribution in [0.2, 0.25) is 0 Å². The number of hydrogen-bond acceptors (Lipinski definition) is 5. The largest absolute Gasteiger partial charge is 0.312 e. The van der Waals surface area contributed by atoms with Crippen LogP contribution in [0.1, 0.15) is 30.7 Å². The van der Waals surface area contributed by atoms with Gasteiger partial charge in [0, 0.05) is 23.2 Å². The molecule has 0 radical (unpaired) electrons. The molecule has 2 N–H and O–H groups in total. The molecule has 1 rings (SSSR count). The summed E-state index contributed by atoms with van der Waals surface area (Å²) < 4.78 is 27.6. The van der Waals surface area contributed by atoms with E-state index in [0.29, 0.717) is 23.2 Å². The normalized spacial score (nSPS) is 13.6. The molecule has 1 aromatic heterocycles. The predicted molar refractivity (Wildman–Crippen MR) is 89.2 cm³/mol. The number of hydrogen-bond donors (Lipinski definition) is 2. The maximum atomic E-state index is 12.4. The third-order valence-corrected chi connectivity index (χ3v) is 7.00. The topological polar surface area (TPSA) is 58.2 Å². The van der Waals surface area contributed by atoms with E-state index in [-0.39, 0.29) is 0 Å². The number of rotatable bonds is 9. The van der Waals surface area contributed by atoms with Crippen LogP contribution < -0.4 is 10.0 Å². The minimum atomic E-state index is -3.40. The second-order valence-electron chi connectivity index (χ2n) is 4.68. The fourth-order valence-electron chi connectivity index (χ4n) is 1.80. The molecule has 1 aromatic rings. The molecule has 1 unspecified atom stereocenters. The van der Waals surface area contributed by atoms with Crippen molar-refractivity contribution in [1.82, 2.24) is 10.0 Å². The maximum absolute atomic E-state index is 12.4. The van der Waals surface area contributed by atoms with E-state index < -0.39 is 10.0 Å². The maximum Gasteiger partial charge on any atom is 0.241 e. The molecule has 0 saturated carbocycles. The van der Waals surface area contributed by atoms with Crippen molar-refractivity contribution in [2.75, 3.05) is 19.3 Å². The summed E-state index contributed by atoms with van der Waals surface area (Å²) in [4.78, 5) is 1.34. The molecule has 0 aliphatic rings. The summed E-state index contributed by atoms with van der Waals surface area (Å²) in [5, 5.41) is 5.56. The Balaban J connectivity index is 2.78. The van der Waals surface area contributed by atoms with Crippen LogP contribution in [0, 0.1) is 6.92 Å². The van der Waals surface area contributed by atoms with Crippen LogP contribution in [0.4, 0.5) is 0 Å². The van der Waals surface area contributed by atoms with Gasteiger partial charge in [0.05, 0.1) is 0 Å². The van der Waals surface area contributed by atoms with Crippen molar-refractivity contribution >= 4 is 33.1 Å². The average molecular weight is 337 g/mol. The van der Waals surface area contributed by atoms with Crippen LogP contribution in [0.25, 0.3) is 0 Å². The molecule has 4 nitrogen and oxygen atoms in total. The van der Waals surface area contributed by atoms with Gasteiger partial charge in [0.25, 0.3) is 0 Å². The molecule has 0 saturated heterocycles. The lowest BCUT2D eigenvalue weighted by Crippen LogP contribution is -2.27. The van der Waals surface area contributed by atoms with E-state index in [1.54, 1.807) is 11.8 Å². The van der Waals surface area contributed by atoms with Gasteiger partial charge in [-0.15, -0.1) is 11.3 Å². The van der Waals surface area contributed by atoms with Gasteiger partial charge in [-0.05, 0) is 37.1 Å². The van der Waals surface area contributed by atoms with Crippen LogP contribution in [-0.2, 0) is 16.6 Å². The van der Waals surface area contributed by atoms with Crippen molar-refractivity contribution in [1.29, 1.82) is 0 Å². The third kappa shape index (κ3) is 5.04. The first-order chi connectivity index (χ1) is 9.42. The zero-order valence-electron chi connectivity index (χ0n) is 12.5. The van der Waals surface area contributed by atoms with Crippen LogP contribution in [0.5, 0.6) is 0 Å². The molecular weight excluding hydrogens is 312 g/mol. The fourth-order valence-corrected chi connectivity index (χ4v) is 4.97. The van der Waals surface area contributed by atoms with Crippen LogP contribution >= 0.6 is 23.1 Å². The van der Waals surface area contributed by atoms with Gasteiger partial charge < -0.3 is 5.32 Å². The molecule has 1 heterocycles. The molecule has 20 heavy (non-hydrogen) atoms. The summed E-state index contributed by atoms with van der Waals surface area (Å²) in [6.07, 6.45) is 2.88. The molecule has 0 amide bonds. The van der Waals surface area contributed by atoms with Crippen molar-refractivity contribution in [3.63, 3.8) is 0 Å². The number of thioether (sulfide) groups is 1. The third-order valence-electron chi connectivity index (χ3n) is 3.04. The minimum absolute atomic E-state index is 0.459. The lowest BCUT2D eigenvalue weighted by molar-refractivity contribution is 0.576. The van der Waals surface area contributed by atoms with Gasteiger partial charge in [0.1, 0.15) is 4.90 Å². The summed E-state index contributed by atoms with van der Waals surface area (Å²) >= 11 is 3.25. The molecule has 7 heteroatoms. The average Bonchev–Trinajstić information content (AvgIpc) is 2.77. The first kappa shape index (κ1) is 18.0. The van der Waals surface area contributed by atoms with Crippen molar-refractivity contribution in [2.24, 2.45) is 0 Å². The summed E-state index contributed by atoms with van der Waals surface area (Å²) in [6.45, 7) is 7.88. The van der Waals surface area contributed by atoms with Gasteiger partial charge in [-0.1, -0.05) is 13.8 Å². The molecule has 0 fully saturated rings. The summed E-state index contributed by atoms with van der Waals surface area (Å²) in [6, 6.07) is 0. The Hall–Kier alpha value is -0.0800. The Labute approximate surface area is 130 Å². The quantitative estimate of drug-likeness (QED) is 0.728. The van der Waals surface area contributed by atoms with E-state index in [1.807, 2.05) is 25.5 Å². The van der Waals surface area contributed by atoms with Crippen LogP contribution in [0.3, 0.4) is 0 Å². The highest BCUT2D eigenvalue weighted by Crippen LogP contribution is 2.26. The SMILES string of the molecule is CCNCc1scc(C)c1S(=O)(=O)NCCC(C)SC. The first-order valence-electron chi connectivity index (χ1n) is 6.72. The second-order valence-corrected chi connectivity index (χ2v) is 8.63. The van der Waals surface area contributed by atoms with E-state index in [9.17, 15) is 8.42 Å². The number of thiophene rings is 1. The predicted octanol–water partition coefficient (Wildman–Crippen LogP) is 2.59. The van der Waals surface area contributed by atoms with Gasteiger partial charge in [-0.3, -0.25) is 0 Å². The first-order valence-corrected chi connectivity index (χ1v) is 10.4. The van der Waals surface area contributed by atoms with Crippen LogP contribution in [0.15, 0.2) is 10.3 Å². The van der Waals surface area contributed by atoms with Gasteiger partial charge in [-0.25, -0.2) is 13.1 Å². The second kappa shape index (κ2) is 8.38. The molecule has 0 aliphatic carbocycles. The Morgan fingerprint density at radius 3 is 2.75 bits per heavy atom. The van der Waals surface area contributed by atoms with E-state index in [0.717, 1.165) is 23.4 Å².